The average Bonchev–Trinajstić information content (AvgIpc) is 2.67. The van der Waals surface area contributed by atoms with Crippen LogP contribution in [0.5, 0.6) is 0 Å². The molecule has 0 spiro atoms. The largest absolute Gasteiger partial charge is 0.352 e. The number of likely N-dealkylation sites (N-methyl/N-ethyl adjacent to an activating group) is 1. The fourth-order valence-electron chi connectivity index (χ4n) is 2.12. The molecular formula is C11H22N2O. The summed E-state index contributed by atoms with van der Waals surface area (Å²) in [6.07, 6.45) is 5.22. The Hall–Kier alpha value is -0.570. The number of nitrogens with one attached hydrogen (secondary N) is 2. The van der Waals surface area contributed by atoms with Gasteiger partial charge in [0.15, 0.2) is 0 Å². The summed E-state index contributed by atoms with van der Waals surface area (Å²) in [6, 6.07) is 0.351. The third-order valence-electron chi connectivity index (χ3n) is 3.03. The molecule has 1 amide bonds. The van der Waals surface area contributed by atoms with Gasteiger partial charge in [0.1, 0.15) is 0 Å². The summed E-state index contributed by atoms with van der Waals surface area (Å²) in [5, 5.41) is 6.09. The minimum Gasteiger partial charge on any atom is -0.352 e. The zero-order valence-electron chi connectivity index (χ0n) is 9.31. The number of hydrogen-bond acceptors (Lipinski definition) is 2. The van der Waals surface area contributed by atoms with E-state index in [1.807, 2.05) is 6.92 Å². The van der Waals surface area contributed by atoms with Crippen LogP contribution in [0, 0.1) is 5.92 Å². The first-order valence-electron chi connectivity index (χ1n) is 5.74. The van der Waals surface area contributed by atoms with Crippen LogP contribution in [0.2, 0.25) is 0 Å². The first-order chi connectivity index (χ1) is 6.74. The summed E-state index contributed by atoms with van der Waals surface area (Å²) < 4.78 is 0. The molecule has 1 fully saturated rings. The van der Waals surface area contributed by atoms with Gasteiger partial charge in [-0.3, -0.25) is 4.79 Å². The van der Waals surface area contributed by atoms with Gasteiger partial charge in [-0.25, -0.2) is 0 Å². The molecule has 1 saturated carbocycles. The van der Waals surface area contributed by atoms with Gasteiger partial charge in [-0.2, -0.15) is 0 Å². The molecule has 82 valence electrons. The van der Waals surface area contributed by atoms with E-state index in [9.17, 15) is 4.79 Å². The number of carbonyl (C=O) groups excluding carboxylic acids is 1. The highest BCUT2D eigenvalue weighted by atomic mass is 16.1. The fourth-order valence-corrected chi connectivity index (χ4v) is 2.12. The molecule has 0 aromatic carbocycles. The van der Waals surface area contributed by atoms with Crippen molar-refractivity contribution in [1.29, 1.82) is 0 Å². The molecule has 1 atom stereocenters. The Balaban J connectivity index is 2.18. The van der Waals surface area contributed by atoms with Crippen LogP contribution in [-0.4, -0.2) is 25.0 Å². The Morgan fingerprint density at radius 1 is 1.43 bits per heavy atom. The van der Waals surface area contributed by atoms with Crippen molar-refractivity contribution >= 4 is 5.91 Å². The van der Waals surface area contributed by atoms with E-state index in [2.05, 4.69) is 17.6 Å². The Kier molecular flexibility index (Phi) is 4.94. The van der Waals surface area contributed by atoms with Gasteiger partial charge in [0, 0.05) is 6.04 Å². The van der Waals surface area contributed by atoms with Crippen molar-refractivity contribution in [3.05, 3.63) is 0 Å². The zero-order valence-corrected chi connectivity index (χ0v) is 9.31. The lowest BCUT2D eigenvalue weighted by molar-refractivity contribution is -0.121. The molecular weight excluding hydrogens is 176 g/mol. The molecule has 1 unspecified atom stereocenters. The first kappa shape index (κ1) is 11.5. The molecule has 0 aromatic rings. The van der Waals surface area contributed by atoms with Gasteiger partial charge in [-0.15, -0.1) is 0 Å². The molecule has 3 heteroatoms. The highest BCUT2D eigenvalue weighted by molar-refractivity contribution is 5.78. The van der Waals surface area contributed by atoms with Crippen LogP contribution in [-0.2, 0) is 4.79 Å². The van der Waals surface area contributed by atoms with E-state index >= 15 is 0 Å². The van der Waals surface area contributed by atoms with Crippen molar-refractivity contribution in [3.8, 4) is 0 Å². The molecule has 14 heavy (non-hydrogen) atoms. The van der Waals surface area contributed by atoms with Crippen LogP contribution in [0.1, 0.15) is 39.5 Å². The smallest absolute Gasteiger partial charge is 0.234 e. The second-order valence-electron chi connectivity index (χ2n) is 4.18. The summed E-state index contributed by atoms with van der Waals surface area (Å²) in [6.45, 7) is 5.44. The second kappa shape index (κ2) is 6.02. The second-order valence-corrected chi connectivity index (χ2v) is 4.18. The predicted molar refractivity (Wildman–Crippen MR) is 58.1 cm³/mol. The molecule has 1 aliphatic rings. The summed E-state index contributed by atoms with van der Waals surface area (Å²) in [5.41, 5.74) is 0. The quantitative estimate of drug-likeness (QED) is 0.699. The molecule has 0 radical (unpaired) electrons. The maximum Gasteiger partial charge on any atom is 0.234 e. The zero-order chi connectivity index (χ0) is 10.4. The lowest BCUT2D eigenvalue weighted by atomic mass is 10.00. The molecule has 1 rings (SSSR count). The van der Waals surface area contributed by atoms with Gasteiger partial charge in [0.05, 0.1) is 6.54 Å². The fraction of sp³-hybridized carbons (Fsp3) is 0.909. The van der Waals surface area contributed by atoms with E-state index in [1.54, 1.807) is 0 Å². The van der Waals surface area contributed by atoms with Gasteiger partial charge in [-0.1, -0.05) is 19.8 Å². The van der Waals surface area contributed by atoms with Crippen LogP contribution < -0.4 is 10.6 Å². The number of amides is 1. The lowest BCUT2D eigenvalue weighted by Gasteiger charge is -2.20. The minimum absolute atomic E-state index is 0.131. The number of carbonyl (C=O) groups is 1. The van der Waals surface area contributed by atoms with Crippen LogP contribution in [0.15, 0.2) is 0 Å². The van der Waals surface area contributed by atoms with Gasteiger partial charge >= 0.3 is 0 Å². The topological polar surface area (TPSA) is 41.1 Å². The van der Waals surface area contributed by atoms with Crippen LogP contribution >= 0.6 is 0 Å². The number of rotatable bonds is 5. The Morgan fingerprint density at radius 2 is 2.07 bits per heavy atom. The average molecular weight is 198 g/mol. The third kappa shape index (κ3) is 3.66. The summed E-state index contributed by atoms with van der Waals surface area (Å²) in [5.74, 6) is 0.840. The van der Waals surface area contributed by atoms with E-state index < -0.39 is 0 Å². The van der Waals surface area contributed by atoms with Crippen molar-refractivity contribution in [2.75, 3.05) is 13.1 Å². The van der Waals surface area contributed by atoms with Crippen molar-refractivity contribution in [2.45, 2.75) is 45.6 Å². The SMILES string of the molecule is CCNCC(=O)NC(C)C1CCCC1. The first-order valence-corrected chi connectivity index (χ1v) is 5.74. The predicted octanol–water partition coefficient (Wildman–Crippen LogP) is 1.29. The van der Waals surface area contributed by atoms with Gasteiger partial charge in [0.2, 0.25) is 5.91 Å². The molecule has 0 saturated heterocycles. The van der Waals surface area contributed by atoms with Crippen molar-refractivity contribution in [1.82, 2.24) is 10.6 Å². The summed E-state index contributed by atoms with van der Waals surface area (Å²) in [4.78, 5) is 11.4. The monoisotopic (exact) mass is 198 g/mol. The Labute approximate surface area is 86.6 Å². The standard InChI is InChI=1S/C11H22N2O/c1-3-12-8-11(14)13-9(2)10-6-4-5-7-10/h9-10,12H,3-8H2,1-2H3,(H,13,14). The van der Waals surface area contributed by atoms with Gasteiger partial charge in [0.25, 0.3) is 0 Å². The molecule has 0 bridgehead atoms. The van der Waals surface area contributed by atoms with E-state index in [0.717, 1.165) is 6.54 Å². The van der Waals surface area contributed by atoms with Crippen LogP contribution in [0.3, 0.4) is 0 Å². The molecule has 3 nitrogen and oxygen atoms in total. The summed E-state index contributed by atoms with van der Waals surface area (Å²) >= 11 is 0. The molecule has 1 aliphatic carbocycles. The maximum atomic E-state index is 11.4. The minimum atomic E-state index is 0.131. The van der Waals surface area contributed by atoms with Gasteiger partial charge < -0.3 is 10.6 Å². The van der Waals surface area contributed by atoms with E-state index in [4.69, 9.17) is 0 Å². The van der Waals surface area contributed by atoms with Crippen LogP contribution in [0.25, 0.3) is 0 Å². The third-order valence-corrected chi connectivity index (χ3v) is 3.03. The Morgan fingerprint density at radius 3 is 2.64 bits per heavy atom. The van der Waals surface area contributed by atoms with Crippen molar-refractivity contribution in [3.63, 3.8) is 0 Å². The summed E-state index contributed by atoms with van der Waals surface area (Å²) in [7, 11) is 0. The highest BCUT2D eigenvalue weighted by Gasteiger charge is 2.22. The van der Waals surface area contributed by atoms with E-state index in [-0.39, 0.29) is 5.91 Å². The molecule has 2 N–H and O–H groups in total. The lowest BCUT2D eigenvalue weighted by Crippen LogP contribution is -2.41. The molecule has 0 heterocycles. The van der Waals surface area contributed by atoms with E-state index in [0.29, 0.717) is 18.5 Å². The highest BCUT2D eigenvalue weighted by Crippen LogP contribution is 2.27. The molecule has 0 aromatic heterocycles. The van der Waals surface area contributed by atoms with Crippen molar-refractivity contribution < 1.29 is 4.79 Å². The molecule has 0 aliphatic heterocycles. The van der Waals surface area contributed by atoms with Crippen LogP contribution in [0.4, 0.5) is 0 Å². The van der Waals surface area contributed by atoms with Crippen molar-refractivity contribution in [2.24, 2.45) is 5.92 Å². The van der Waals surface area contributed by atoms with E-state index in [1.165, 1.54) is 25.7 Å². The maximum absolute atomic E-state index is 11.4. The Bertz CT molecular complexity index is 176. The van der Waals surface area contributed by atoms with Gasteiger partial charge in [-0.05, 0) is 32.2 Å². The normalized spacial score (nSPS) is 19.6. The number of hydrogen-bond donors (Lipinski definition) is 2.